The van der Waals surface area contributed by atoms with Gasteiger partial charge in [0.05, 0.1) is 23.9 Å². The SMILES string of the molecule is Clc1cccnc1N1CCC(NC(=NCC2CCCO2)NCCc2ccco2)C1. The van der Waals surface area contributed by atoms with E-state index in [0.29, 0.717) is 11.6 Å². The first-order valence-corrected chi connectivity index (χ1v) is 10.7. The molecule has 0 bridgehead atoms. The maximum Gasteiger partial charge on any atom is 0.191 e. The molecule has 2 aliphatic rings. The highest BCUT2D eigenvalue weighted by Crippen LogP contribution is 2.25. The molecular weight excluding hydrogens is 390 g/mol. The predicted molar refractivity (Wildman–Crippen MR) is 115 cm³/mol. The van der Waals surface area contributed by atoms with Gasteiger partial charge in [0.1, 0.15) is 11.6 Å². The number of aromatic nitrogens is 1. The Hall–Kier alpha value is -2.25. The molecule has 4 heterocycles. The van der Waals surface area contributed by atoms with Gasteiger partial charge in [-0.3, -0.25) is 4.99 Å². The molecule has 2 N–H and O–H groups in total. The third-order valence-corrected chi connectivity index (χ3v) is 5.58. The van der Waals surface area contributed by atoms with Gasteiger partial charge in [-0.15, -0.1) is 0 Å². The van der Waals surface area contributed by atoms with Crippen LogP contribution in [0.15, 0.2) is 46.1 Å². The van der Waals surface area contributed by atoms with Gasteiger partial charge in [-0.05, 0) is 43.5 Å². The summed E-state index contributed by atoms with van der Waals surface area (Å²) in [6, 6.07) is 7.93. The summed E-state index contributed by atoms with van der Waals surface area (Å²) in [5.41, 5.74) is 0. The molecule has 2 fully saturated rings. The Balaban J connectivity index is 1.33. The van der Waals surface area contributed by atoms with Gasteiger partial charge in [-0.25, -0.2) is 4.98 Å². The van der Waals surface area contributed by atoms with Crippen LogP contribution in [-0.4, -0.2) is 55.9 Å². The average Bonchev–Trinajstić information content (AvgIpc) is 3.49. The van der Waals surface area contributed by atoms with Crippen LogP contribution in [0.4, 0.5) is 5.82 Å². The lowest BCUT2D eigenvalue weighted by atomic mass is 10.2. The molecule has 0 saturated carbocycles. The number of aliphatic imine (C=N–C) groups is 1. The van der Waals surface area contributed by atoms with E-state index < -0.39 is 0 Å². The van der Waals surface area contributed by atoms with Gasteiger partial charge in [0, 0.05) is 44.9 Å². The molecule has 2 atom stereocenters. The van der Waals surface area contributed by atoms with Gasteiger partial charge in [-0.2, -0.15) is 0 Å². The highest BCUT2D eigenvalue weighted by Gasteiger charge is 2.25. The number of rotatable bonds is 7. The van der Waals surface area contributed by atoms with Crippen LogP contribution in [0.3, 0.4) is 0 Å². The number of nitrogens with zero attached hydrogens (tertiary/aromatic N) is 3. The molecule has 156 valence electrons. The summed E-state index contributed by atoms with van der Waals surface area (Å²) in [6.45, 7) is 4.04. The molecule has 4 rings (SSSR count). The molecule has 0 radical (unpaired) electrons. The first kappa shape index (κ1) is 20.0. The van der Waals surface area contributed by atoms with E-state index in [2.05, 4.69) is 20.5 Å². The molecule has 2 aliphatic heterocycles. The van der Waals surface area contributed by atoms with Crippen LogP contribution in [-0.2, 0) is 11.2 Å². The molecule has 8 heteroatoms. The Bertz CT molecular complexity index is 792. The third-order valence-electron chi connectivity index (χ3n) is 5.29. The summed E-state index contributed by atoms with van der Waals surface area (Å²) in [5.74, 6) is 2.64. The molecule has 0 aliphatic carbocycles. The molecule has 0 amide bonds. The van der Waals surface area contributed by atoms with E-state index in [1.54, 1.807) is 12.5 Å². The number of hydrogen-bond donors (Lipinski definition) is 2. The molecular formula is C21H28ClN5O2. The Morgan fingerprint density at radius 2 is 2.28 bits per heavy atom. The fourth-order valence-corrected chi connectivity index (χ4v) is 4.01. The minimum Gasteiger partial charge on any atom is -0.469 e. The molecule has 2 aromatic rings. The van der Waals surface area contributed by atoms with Crippen molar-refractivity contribution in [1.29, 1.82) is 0 Å². The van der Waals surface area contributed by atoms with E-state index in [-0.39, 0.29) is 12.1 Å². The van der Waals surface area contributed by atoms with Crippen molar-refractivity contribution < 1.29 is 9.15 Å². The second-order valence-electron chi connectivity index (χ2n) is 7.47. The number of hydrogen-bond acceptors (Lipinski definition) is 5. The Morgan fingerprint density at radius 1 is 1.31 bits per heavy atom. The van der Waals surface area contributed by atoms with Crippen LogP contribution >= 0.6 is 11.6 Å². The van der Waals surface area contributed by atoms with Crippen molar-refractivity contribution in [2.45, 2.75) is 37.8 Å². The van der Waals surface area contributed by atoms with Crippen LogP contribution in [0.25, 0.3) is 0 Å². The standard InChI is InChI=1S/C21H28ClN5O2/c22-19-6-1-9-23-20(19)27-11-8-16(15-27)26-21(25-14-18-5-3-13-29-18)24-10-7-17-4-2-12-28-17/h1-2,4,6,9,12,16,18H,3,5,7-8,10-11,13-15H2,(H2,24,25,26). The summed E-state index contributed by atoms with van der Waals surface area (Å²) in [4.78, 5) is 11.4. The van der Waals surface area contributed by atoms with E-state index in [0.717, 1.165) is 69.5 Å². The maximum atomic E-state index is 6.31. The fourth-order valence-electron chi connectivity index (χ4n) is 3.77. The van der Waals surface area contributed by atoms with Gasteiger partial charge in [-0.1, -0.05) is 11.6 Å². The van der Waals surface area contributed by atoms with E-state index >= 15 is 0 Å². The van der Waals surface area contributed by atoms with Crippen molar-refractivity contribution >= 4 is 23.4 Å². The molecule has 29 heavy (non-hydrogen) atoms. The van der Waals surface area contributed by atoms with Crippen LogP contribution in [0.2, 0.25) is 5.02 Å². The van der Waals surface area contributed by atoms with Gasteiger partial charge >= 0.3 is 0 Å². The number of halogens is 1. The number of anilines is 1. The minimum atomic E-state index is 0.228. The number of nitrogens with one attached hydrogen (secondary N) is 2. The number of furan rings is 1. The smallest absolute Gasteiger partial charge is 0.191 e. The molecule has 0 spiro atoms. The zero-order chi connectivity index (χ0) is 19.9. The number of ether oxygens (including phenoxy) is 1. The zero-order valence-electron chi connectivity index (χ0n) is 16.5. The predicted octanol–water partition coefficient (Wildman–Crippen LogP) is 2.86. The van der Waals surface area contributed by atoms with E-state index in [9.17, 15) is 0 Å². The van der Waals surface area contributed by atoms with Crippen LogP contribution in [0.1, 0.15) is 25.0 Å². The van der Waals surface area contributed by atoms with Gasteiger partial charge < -0.3 is 24.7 Å². The van der Waals surface area contributed by atoms with Crippen molar-refractivity contribution in [1.82, 2.24) is 15.6 Å². The largest absolute Gasteiger partial charge is 0.469 e. The monoisotopic (exact) mass is 417 g/mol. The maximum absolute atomic E-state index is 6.31. The van der Waals surface area contributed by atoms with Crippen LogP contribution < -0.4 is 15.5 Å². The van der Waals surface area contributed by atoms with Gasteiger partial charge in [0.15, 0.2) is 5.96 Å². The summed E-state index contributed by atoms with van der Waals surface area (Å²) in [5, 5.41) is 7.71. The third kappa shape index (κ3) is 5.64. The van der Waals surface area contributed by atoms with E-state index in [1.165, 1.54) is 0 Å². The number of pyridine rings is 1. The Labute approximate surface area is 176 Å². The summed E-state index contributed by atoms with van der Waals surface area (Å²) in [7, 11) is 0. The summed E-state index contributed by atoms with van der Waals surface area (Å²) < 4.78 is 11.1. The first-order chi connectivity index (χ1) is 14.3. The lowest BCUT2D eigenvalue weighted by Crippen LogP contribution is -2.45. The Morgan fingerprint density at radius 3 is 3.07 bits per heavy atom. The molecule has 2 saturated heterocycles. The summed E-state index contributed by atoms with van der Waals surface area (Å²) >= 11 is 6.31. The highest BCUT2D eigenvalue weighted by atomic mass is 35.5. The van der Waals surface area contributed by atoms with Gasteiger partial charge in [0.25, 0.3) is 0 Å². The van der Waals surface area contributed by atoms with Crippen molar-refractivity contribution in [3.05, 3.63) is 47.5 Å². The van der Waals surface area contributed by atoms with Crippen molar-refractivity contribution in [2.75, 3.05) is 37.7 Å². The lowest BCUT2D eigenvalue weighted by Gasteiger charge is -2.20. The van der Waals surface area contributed by atoms with Gasteiger partial charge in [0.2, 0.25) is 0 Å². The van der Waals surface area contributed by atoms with E-state index in [1.807, 2.05) is 24.3 Å². The second-order valence-corrected chi connectivity index (χ2v) is 7.87. The molecule has 2 unspecified atom stereocenters. The van der Waals surface area contributed by atoms with E-state index in [4.69, 9.17) is 25.7 Å². The van der Waals surface area contributed by atoms with Crippen molar-refractivity contribution in [3.8, 4) is 0 Å². The first-order valence-electron chi connectivity index (χ1n) is 10.3. The van der Waals surface area contributed by atoms with Crippen LogP contribution in [0, 0.1) is 0 Å². The Kier molecular flexibility index (Phi) is 6.90. The van der Waals surface area contributed by atoms with Crippen molar-refractivity contribution in [3.63, 3.8) is 0 Å². The minimum absolute atomic E-state index is 0.228. The quantitative estimate of drug-likeness (QED) is 0.533. The normalized spacial score (nSPS) is 22.2. The van der Waals surface area contributed by atoms with Crippen LogP contribution in [0.5, 0.6) is 0 Å². The topological polar surface area (TPSA) is 74.9 Å². The number of guanidine groups is 1. The molecule has 0 aromatic carbocycles. The summed E-state index contributed by atoms with van der Waals surface area (Å²) in [6.07, 6.45) is 7.74. The highest BCUT2D eigenvalue weighted by molar-refractivity contribution is 6.32. The molecule has 2 aromatic heterocycles. The second kappa shape index (κ2) is 9.98. The fraction of sp³-hybridized carbons (Fsp3) is 0.524. The lowest BCUT2D eigenvalue weighted by molar-refractivity contribution is 0.117. The molecule has 7 nitrogen and oxygen atoms in total. The average molecular weight is 418 g/mol. The zero-order valence-corrected chi connectivity index (χ0v) is 17.3. The van der Waals surface area contributed by atoms with Crippen molar-refractivity contribution in [2.24, 2.45) is 4.99 Å².